The first kappa shape index (κ1) is 23.7. The SMILES string of the molecule is CCNC(=NCC(C)CN1CCCCC1)NC1CCN(c2cccs2)CC1.I. The van der Waals surface area contributed by atoms with Crippen molar-refractivity contribution in [3.63, 3.8) is 0 Å². The van der Waals surface area contributed by atoms with E-state index < -0.39 is 0 Å². The second-order valence-corrected chi connectivity index (χ2v) is 8.97. The predicted octanol–water partition coefficient (Wildman–Crippen LogP) is 4.01. The fraction of sp³-hybridized carbons (Fsp3) is 0.762. The van der Waals surface area contributed by atoms with Crippen LogP contribution in [0.5, 0.6) is 0 Å². The number of aliphatic imine (C=N–C) groups is 1. The van der Waals surface area contributed by atoms with Crippen LogP contribution in [0.2, 0.25) is 0 Å². The molecule has 0 bridgehead atoms. The van der Waals surface area contributed by atoms with Gasteiger partial charge >= 0.3 is 0 Å². The third kappa shape index (κ3) is 7.71. The molecule has 1 aromatic heterocycles. The largest absolute Gasteiger partial charge is 0.363 e. The van der Waals surface area contributed by atoms with Gasteiger partial charge in [-0.3, -0.25) is 4.99 Å². The van der Waals surface area contributed by atoms with Gasteiger partial charge in [0, 0.05) is 38.8 Å². The average molecular weight is 520 g/mol. The molecule has 2 N–H and O–H groups in total. The van der Waals surface area contributed by atoms with Gasteiger partial charge in [-0.25, -0.2) is 0 Å². The van der Waals surface area contributed by atoms with Gasteiger partial charge in [0.05, 0.1) is 5.00 Å². The summed E-state index contributed by atoms with van der Waals surface area (Å²) in [6.45, 7) is 12.3. The van der Waals surface area contributed by atoms with Crippen molar-refractivity contribution in [1.82, 2.24) is 15.5 Å². The summed E-state index contributed by atoms with van der Waals surface area (Å²) in [7, 11) is 0. The lowest BCUT2D eigenvalue weighted by Gasteiger charge is -2.33. The molecule has 1 unspecified atom stereocenters. The van der Waals surface area contributed by atoms with Gasteiger partial charge in [0.25, 0.3) is 0 Å². The summed E-state index contributed by atoms with van der Waals surface area (Å²) >= 11 is 1.84. The molecule has 160 valence electrons. The zero-order chi connectivity index (χ0) is 18.9. The van der Waals surface area contributed by atoms with E-state index in [2.05, 4.69) is 51.8 Å². The first-order chi connectivity index (χ1) is 13.2. The first-order valence-electron chi connectivity index (χ1n) is 10.8. The van der Waals surface area contributed by atoms with Crippen molar-refractivity contribution in [2.45, 2.75) is 52.0 Å². The summed E-state index contributed by atoms with van der Waals surface area (Å²) in [5.74, 6) is 1.61. The van der Waals surface area contributed by atoms with Gasteiger partial charge in [0.15, 0.2) is 5.96 Å². The van der Waals surface area contributed by atoms with Crippen LogP contribution in [0.3, 0.4) is 0 Å². The first-order valence-corrected chi connectivity index (χ1v) is 11.7. The number of nitrogens with one attached hydrogen (secondary N) is 2. The van der Waals surface area contributed by atoms with Gasteiger partial charge in [-0.15, -0.1) is 35.3 Å². The van der Waals surface area contributed by atoms with E-state index in [-0.39, 0.29) is 24.0 Å². The lowest BCUT2D eigenvalue weighted by atomic mass is 10.1. The number of likely N-dealkylation sites (tertiary alicyclic amines) is 1. The van der Waals surface area contributed by atoms with E-state index in [0.29, 0.717) is 12.0 Å². The van der Waals surface area contributed by atoms with Crippen molar-refractivity contribution in [1.29, 1.82) is 0 Å². The van der Waals surface area contributed by atoms with Crippen LogP contribution in [0.4, 0.5) is 5.00 Å². The Balaban J connectivity index is 0.00000280. The van der Waals surface area contributed by atoms with Crippen LogP contribution in [-0.4, -0.2) is 62.7 Å². The number of halogens is 1. The Morgan fingerprint density at radius 3 is 2.61 bits per heavy atom. The number of hydrogen-bond acceptors (Lipinski definition) is 4. The smallest absolute Gasteiger partial charge is 0.191 e. The second kappa shape index (κ2) is 12.9. The Bertz CT molecular complexity index is 551. The van der Waals surface area contributed by atoms with Crippen LogP contribution in [0.15, 0.2) is 22.5 Å². The highest BCUT2D eigenvalue weighted by Gasteiger charge is 2.21. The third-order valence-electron chi connectivity index (χ3n) is 5.58. The van der Waals surface area contributed by atoms with E-state index in [1.807, 2.05) is 11.3 Å². The van der Waals surface area contributed by atoms with E-state index in [4.69, 9.17) is 4.99 Å². The Hall–Kier alpha value is -0.540. The second-order valence-electron chi connectivity index (χ2n) is 8.04. The van der Waals surface area contributed by atoms with Gasteiger partial charge in [-0.2, -0.15) is 0 Å². The standard InChI is InChI=1S/C21H37N5S.HI/c1-3-22-21(23-16-18(2)17-25-11-5-4-6-12-25)24-19-9-13-26(14-10-19)20-8-7-15-27-20;/h7-8,15,18-19H,3-6,9-14,16-17H2,1-2H3,(H2,22,23,24);1H. The zero-order valence-electron chi connectivity index (χ0n) is 17.5. The van der Waals surface area contributed by atoms with Crippen molar-refractivity contribution in [3.05, 3.63) is 17.5 Å². The van der Waals surface area contributed by atoms with Crippen molar-refractivity contribution in [3.8, 4) is 0 Å². The highest BCUT2D eigenvalue weighted by molar-refractivity contribution is 14.0. The third-order valence-corrected chi connectivity index (χ3v) is 6.51. The maximum atomic E-state index is 4.90. The molecule has 1 aromatic rings. The summed E-state index contributed by atoms with van der Waals surface area (Å²) in [6.07, 6.45) is 6.48. The van der Waals surface area contributed by atoms with Crippen LogP contribution >= 0.6 is 35.3 Å². The molecule has 5 nitrogen and oxygen atoms in total. The zero-order valence-corrected chi connectivity index (χ0v) is 20.7. The highest BCUT2D eigenvalue weighted by Crippen LogP contribution is 2.24. The van der Waals surface area contributed by atoms with E-state index in [9.17, 15) is 0 Å². The van der Waals surface area contributed by atoms with E-state index >= 15 is 0 Å². The molecule has 0 radical (unpaired) electrons. The molecule has 1 atom stereocenters. The van der Waals surface area contributed by atoms with Crippen LogP contribution in [-0.2, 0) is 0 Å². The minimum absolute atomic E-state index is 0. The van der Waals surface area contributed by atoms with E-state index in [0.717, 1.165) is 32.1 Å². The number of rotatable bonds is 7. The van der Waals surface area contributed by atoms with Crippen LogP contribution in [0.1, 0.15) is 46.0 Å². The normalized spacial score (nSPS) is 20.5. The van der Waals surface area contributed by atoms with Gasteiger partial charge in [0.2, 0.25) is 0 Å². The molecule has 3 heterocycles. The molecule has 2 aliphatic rings. The summed E-state index contributed by atoms with van der Waals surface area (Å²) in [5.41, 5.74) is 0. The summed E-state index contributed by atoms with van der Waals surface area (Å²) in [6, 6.07) is 4.90. The molecule has 2 saturated heterocycles. The number of nitrogens with zero attached hydrogens (tertiary/aromatic N) is 3. The molecule has 0 spiro atoms. The molecule has 2 aliphatic heterocycles. The molecule has 0 aromatic carbocycles. The topological polar surface area (TPSA) is 42.9 Å². The predicted molar refractivity (Wildman–Crippen MR) is 134 cm³/mol. The maximum Gasteiger partial charge on any atom is 0.191 e. The number of anilines is 1. The molecular weight excluding hydrogens is 481 g/mol. The number of guanidine groups is 1. The lowest BCUT2D eigenvalue weighted by molar-refractivity contribution is 0.203. The monoisotopic (exact) mass is 519 g/mol. The fourth-order valence-electron chi connectivity index (χ4n) is 4.10. The molecule has 0 aliphatic carbocycles. The molecule has 3 rings (SSSR count). The van der Waals surface area contributed by atoms with Gasteiger partial charge in [0.1, 0.15) is 0 Å². The lowest BCUT2D eigenvalue weighted by Crippen LogP contribution is -2.48. The minimum atomic E-state index is 0. The van der Waals surface area contributed by atoms with Gasteiger partial charge in [-0.05, 0) is 69.1 Å². The van der Waals surface area contributed by atoms with Crippen LogP contribution in [0, 0.1) is 5.92 Å². The maximum absolute atomic E-state index is 4.90. The van der Waals surface area contributed by atoms with Crippen molar-refractivity contribution >= 4 is 46.3 Å². The Kier molecular flexibility index (Phi) is 10.9. The molecule has 7 heteroatoms. The Morgan fingerprint density at radius 2 is 1.96 bits per heavy atom. The van der Waals surface area contributed by atoms with E-state index in [1.165, 1.54) is 56.7 Å². The van der Waals surface area contributed by atoms with Gasteiger partial charge in [-0.1, -0.05) is 13.3 Å². The number of thiophene rings is 1. The molecule has 0 amide bonds. The summed E-state index contributed by atoms with van der Waals surface area (Å²) in [5, 5.41) is 10.7. The fourth-order valence-corrected chi connectivity index (χ4v) is 4.88. The highest BCUT2D eigenvalue weighted by atomic mass is 127. The van der Waals surface area contributed by atoms with E-state index in [1.54, 1.807) is 0 Å². The van der Waals surface area contributed by atoms with Crippen molar-refractivity contribution in [2.75, 3.05) is 50.7 Å². The van der Waals surface area contributed by atoms with Crippen molar-refractivity contribution < 1.29 is 0 Å². The molecule has 28 heavy (non-hydrogen) atoms. The Labute approximate surface area is 192 Å². The summed E-state index contributed by atoms with van der Waals surface area (Å²) in [4.78, 5) is 10.0. The van der Waals surface area contributed by atoms with Crippen molar-refractivity contribution in [2.24, 2.45) is 10.9 Å². The molecule has 0 saturated carbocycles. The van der Waals surface area contributed by atoms with Crippen LogP contribution in [0.25, 0.3) is 0 Å². The summed E-state index contributed by atoms with van der Waals surface area (Å²) < 4.78 is 0. The minimum Gasteiger partial charge on any atom is -0.363 e. The quantitative estimate of drug-likeness (QED) is 0.325. The number of hydrogen-bond donors (Lipinski definition) is 2. The number of piperidine rings is 2. The molecule has 2 fully saturated rings. The average Bonchev–Trinajstić information content (AvgIpc) is 3.22. The molecular formula is C21H38IN5S. The van der Waals surface area contributed by atoms with Gasteiger partial charge < -0.3 is 20.4 Å². The van der Waals surface area contributed by atoms with Crippen LogP contribution < -0.4 is 15.5 Å². The Morgan fingerprint density at radius 1 is 1.21 bits per heavy atom.